The van der Waals surface area contributed by atoms with Gasteiger partial charge in [-0.2, -0.15) is 0 Å². The van der Waals surface area contributed by atoms with E-state index in [0.717, 1.165) is 6.07 Å². The van der Waals surface area contributed by atoms with Crippen molar-refractivity contribution in [1.29, 1.82) is 0 Å². The van der Waals surface area contributed by atoms with Crippen molar-refractivity contribution in [2.45, 2.75) is 24.8 Å². The molecule has 0 aromatic heterocycles. The summed E-state index contributed by atoms with van der Waals surface area (Å²) in [5.74, 6) is -0.500. The largest absolute Gasteiger partial charge is 0.383 e. The van der Waals surface area contributed by atoms with E-state index >= 15 is 0 Å². The van der Waals surface area contributed by atoms with Crippen LogP contribution in [0.4, 0.5) is 0 Å². The lowest BCUT2D eigenvalue weighted by Crippen LogP contribution is -2.31. The first-order valence-corrected chi connectivity index (χ1v) is 8.71. The van der Waals surface area contributed by atoms with Gasteiger partial charge in [0, 0.05) is 19.7 Å². The second kappa shape index (κ2) is 8.12. The average molecular weight is 369 g/mol. The lowest BCUT2D eigenvalue weighted by Gasteiger charge is -2.13. The Morgan fingerprint density at radius 1 is 1.27 bits per heavy atom. The molecule has 1 aromatic carbocycles. The molecular formula is C13H18Cl2N2O4S. The van der Waals surface area contributed by atoms with Crippen LogP contribution in [0.1, 0.15) is 24.2 Å². The molecule has 0 radical (unpaired) electrons. The molecule has 1 amide bonds. The van der Waals surface area contributed by atoms with Crippen LogP contribution in [0.2, 0.25) is 10.0 Å². The number of carbonyl (C=O) groups excluding carboxylic acids is 1. The van der Waals surface area contributed by atoms with Gasteiger partial charge in [-0.25, -0.2) is 13.1 Å². The maximum atomic E-state index is 12.2. The van der Waals surface area contributed by atoms with Crippen molar-refractivity contribution in [2.75, 3.05) is 20.3 Å². The molecule has 0 bridgehead atoms. The Morgan fingerprint density at radius 2 is 1.91 bits per heavy atom. The van der Waals surface area contributed by atoms with Gasteiger partial charge >= 0.3 is 0 Å². The molecule has 0 aliphatic rings. The minimum atomic E-state index is -3.83. The first-order chi connectivity index (χ1) is 10.2. The molecule has 0 spiro atoms. The minimum Gasteiger partial charge on any atom is -0.383 e. The van der Waals surface area contributed by atoms with E-state index in [9.17, 15) is 13.2 Å². The molecule has 0 aliphatic heterocycles. The molecule has 0 saturated carbocycles. The van der Waals surface area contributed by atoms with E-state index in [1.54, 1.807) is 13.8 Å². The van der Waals surface area contributed by atoms with Crippen molar-refractivity contribution < 1.29 is 17.9 Å². The number of benzene rings is 1. The summed E-state index contributed by atoms with van der Waals surface area (Å²) >= 11 is 11.9. The third-order valence-electron chi connectivity index (χ3n) is 2.54. The zero-order valence-corrected chi connectivity index (χ0v) is 14.8. The van der Waals surface area contributed by atoms with Crippen molar-refractivity contribution in [3.8, 4) is 0 Å². The summed E-state index contributed by atoms with van der Waals surface area (Å²) in [5.41, 5.74) is 0.0336. The number of halogens is 2. The summed E-state index contributed by atoms with van der Waals surface area (Å²) in [6.07, 6.45) is 0. The van der Waals surface area contributed by atoms with E-state index < -0.39 is 15.9 Å². The van der Waals surface area contributed by atoms with Crippen molar-refractivity contribution in [1.82, 2.24) is 10.0 Å². The van der Waals surface area contributed by atoms with E-state index in [0.29, 0.717) is 6.61 Å². The van der Waals surface area contributed by atoms with Crippen LogP contribution in [-0.2, 0) is 14.8 Å². The molecule has 124 valence electrons. The molecule has 9 heteroatoms. The first-order valence-electron chi connectivity index (χ1n) is 6.47. The molecule has 0 unspecified atom stereocenters. The van der Waals surface area contributed by atoms with Gasteiger partial charge in [-0.15, -0.1) is 0 Å². The van der Waals surface area contributed by atoms with E-state index in [1.807, 2.05) is 0 Å². The molecule has 1 aromatic rings. The Morgan fingerprint density at radius 3 is 2.45 bits per heavy atom. The molecular weight excluding hydrogens is 351 g/mol. The summed E-state index contributed by atoms with van der Waals surface area (Å²) in [7, 11) is -2.33. The standard InChI is InChI=1S/C13H18Cl2N2O4S/c1-8(2)17-22(19,20)12-6-9(10(14)7-11(12)15)13(18)16-4-5-21-3/h6-8,17H,4-5H2,1-3H3,(H,16,18). The quantitative estimate of drug-likeness (QED) is 0.721. The van der Waals surface area contributed by atoms with Crippen LogP contribution in [-0.4, -0.2) is 40.6 Å². The highest BCUT2D eigenvalue weighted by atomic mass is 35.5. The Bertz CT molecular complexity index is 648. The fourth-order valence-corrected chi connectivity index (χ4v) is 3.75. The number of hydrogen-bond acceptors (Lipinski definition) is 4. The molecule has 0 fully saturated rings. The number of carbonyl (C=O) groups is 1. The summed E-state index contributed by atoms with van der Waals surface area (Å²) in [4.78, 5) is 11.9. The Balaban J connectivity index is 3.17. The van der Waals surface area contributed by atoms with Crippen LogP contribution < -0.4 is 10.0 Å². The van der Waals surface area contributed by atoms with Gasteiger partial charge in [-0.05, 0) is 26.0 Å². The third kappa shape index (κ3) is 5.10. The van der Waals surface area contributed by atoms with Crippen LogP contribution >= 0.6 is 23.2 Å². The van der Waals surface area contributed by atoms with E-state index in [-0.39, 0.29) is 33.1 Å². The fraction of sp³-hybridized carbons (Fsp3) is 0.462. The highest BCUT2D eigenvalue weighted by molar-refractivity contribution is 7.89. The normalized spacial score (nSPS) is 11.7. The Labute approximate surface area is 140 Å². The summed E-state index contributed by atoms with van der Waals surface area (Å²) < 4.78 is 31.7. The summed E-state index contributed by atoms with van der Waals surface area (Å²) in [6.45, 7) is 3.97. The van der Waals surface area contributed by atoms with Crippen molar-refractivity contribution >= 4 is 39.1 Å². The summed E-state index contributed by atoms with van der Waals surface area (Å²) in [6, 6.07) is 2.09. The van der Waals surface area contributed by atoms with Crippen molar-refractivity contribution in [2.24, 2.45) is 0 Å². The van der Waals surface area contributed by atoms with Gasteiger partial charge in [-0.1, -0.05) is 23.2 Å². The van der Waals surface area contributed by atoms with Gasteiger partial charge in [0.25, 0.3) is 5.91 Å². The van der Waals surface area contributed by atoms with E-state index in [1.165, 1.54) is 13.2 Å². The SMILES string of the molecule is COCCNC(=O)c1cc(S(=O)(=O)NC(C)C)c(Cl)cc1Cl. The van der Waals surface area contributed by atoms with Gasteiger partial charge < -0.3 is 10.1 Å². The monoisotopic (exact) mass is 368 g/mol. The lowest BCUT2D eigenvalue weighted by atomic mass is 10.2. The number of ether oxygens (including phenoxy) is 1. The van der Waals surface area contributed by atoms with Gasteiger partial charge in [-0.3, -0.25) is 4.79 Å². The van der Waals surface area contributed by atoms with Crippen LogP contribution in [0.3, 0.4) is 0 Å². The van der Waals surface area contributed by atoms with Crippen molar-refractivity contribution in [3.63, 3.8) is 0 Å². The van der Waals surface area contributed by atoms with Gasteiger partial charge in [0.2, 0.25) is 10.0 Å². The fourth-order valence-electron chi connectivity index (χ4n) is 1.64. The smallest absolute Gasteiger partial charge is 0.252 e. The lowest BCUT2D eigenvalue weighted by molar-refractivity contribution is 0.0937. The molecule has 0 atom stereocenters. The molecule has 1 rings (SSSR count). The van der Waals surface area contributed by atoms with E-state index in [4.69, 9.17) is 27.9 Å². The van der Waals surface area contributed by atoms with Gasteiger partial charge in [0.15, 0.2) is 0 Å². The van der Waals surface area contributed by atoms with Crippen molar-refractivity contribution in [3.05, 3.63) is 27.7 Å². The molecule has 2 N–H and O–H groups in total. The van der Waals surface area contributed by atoms with Crippen LogP contribution in [0.5, 0.6) is 0 Å². The molecule has 0 saturated heterocycles. The predicted octanol–water partition coefficient (Wildman–Crippen LogP) is 2.06. The number of amides is 1. The summed E-state index contributed by atoms with van der Waals surface area (Å²) in [5, 5.41) is 2.60. The van der Waals surface area contributed by atoms with Crippen LogP contribution in [0.15, 0.2) is 17.0 Å². The molecule has 22 heavy (non-hydrogen) atoms. The number of sulfonamides is 1. The Kier molecular flexibility index (Phi) is 7.08. The van der Waals surface area contributed by atoms with Gasteiger partial charge in [0.05, 0.1) is 22.2 Å². The highest BCUT2D eigenvalue weighted by Crippen LogP contribution is 2.28. The van der Waals surface area contributed by atoms with Crippen LogP contribution in [0, 0.1) is 0 Å². The second-order valence-corrected chi connectivity index (χ2v) is 7.28. The number of rotatable bonds is 7. The Hall–Kier alpha value is -0.860. The first kappa shape index (κ1) is 19.2. The minimum absolute atomic E-state index is 0.0336. The molecule has 0 heterocycles. The van der Waals surface area contributed by atoms with E-state index in [2.05, 4.69) is 10.0 Å². The zero-order chi connectivity index (χ0) is 16.9. The number of nitrogens with one attached hydrogen (secondary N) is 2. The predicted molar refractivity (Wildman–Crippen MR) is 86.1 cm³/mol. The second-order valence-electron chi connectivity index (χ2n) is 4.79. The molecule has 6 nitrogen and oxygen atoms in total. The topological polar surface area (TPSA) is 84.5 Å². The maximum Gasteiger partial charge on any atom is 0.252 e. The number of hydrogen-bond donors (Lipinski definition) is 2. The molecule has 0 aliphatic carbocycles. The maximum absolute atomic E-state index is 12.2. The zero-order valence-electron chi connectivity index (χ0n) is 12.4. The third-order valence-corrected chi connectivity index (χ3v) is 4.97. The highest BCUT2D eigenvalue weighted by Gasteiger charge is 2.23. The average Bonchev–Trinajstić information content (AvgIpc) is 2.36. The van der Waals surface area contributed by atoms with Gasteiger partial charge in [0.1, 0.15) is 4.90 Å². The number of methoxy groups -OCH3 is 1. The van der Waals surface area contributed by atoms with Crippen LogP contribution in [0.25, 0.3) is 0 Å².